The minimum atomic E-state index is 0. The summed E-state index contributed by atoms with van der Waals surface area (Å²) in [5, 5.41) is 0. The minimum Gasteiger partial charge on any atom is -0.470 e. The van der Waals surface area contributed by atoms with Gasteiger partial charge in [0.2, 0.25) is 0 Å². The van der Waals surface area contributed by atoms with Crippen molar-refractivity contribution < 1.29 is 18.6 Å². The van der Waals surface area contributed by atoms with Crippen molar-refractivity contribution >= 4 is 23.0 Å². The van der Waals surface area contributed by atoms with Crippen molar-refractivity contribution in [1.82, 2.24) is 0 Å². The van der Waals surface area contributed by atoms with Gasteiger partial charge in [-0.05, 0) is 6.26 Å². The molecule has 0 spiro atoms. The summed E-state index contributed by atoms with van der Waals surface area (Å²) in [6, 6.07) is 10.5. The smallest absolute Gasteiger partial charge is 0.470 e. The number of rotatable bonds is 2. The van der Waals surface area contributed by atoms with E-state index in [2.05, 4.69) is 16.6 Å². The van der Waals surface area contributed by atoms with E-state index in [1.54, 1.807) is 0 Å². The average molecular weight is 200 g/mol. The Balaban J connectivity index is 0.000001000. The molecule has 1 nitrogen and oxygen atoms in total. The maximum Gasteiger partial charge on any atom is 2.00 e. The molecule has 0 heterocycles. The molecule has 0 saturated heterocycles. The van der Waals surface area contributed by atoms with Gasteiger partial charge in [0.15, 0.2) is 0 Å². The first-order chi connectivity index (χ1) is 4.93. The fraction of sp³-hybridized carbons (Fsp3) is 0.125. The molecule has 1 aromatic rings. The zero-order valence-electron chi connectivity index (χ0n) is 6.11. The topological polar surface area (TPSA) is 12.4 Å². The average Bonchev–Trinajstić information content (AvgIpc) is 2.03. The van der Waals surface area contributed by atoms with Crippen LogP contribution in [0.5, 0.6) is 0 Å². The number of hydrogen-bond acceptors (Lipinski definition) is 2. The van der Waals surface area contributed by atoms with E-state index in [0.717, 1.165) is 5.69 Å². The van der Waals surface area contributed by atoms with Gasteiger partial charge in [-0.1, -0.05) is 0 Å². The predicted molar refractivity (Wildman–Crippen MR) is 45.9 cm³/mol. The van der Waals surface area contributed by atoms with Crippen LogP contribution in [0.2, 0.25) is 0 Å². The van der Waals surface area contributed by atoms with Crippen LogP contribution < -0.4 is 0 Å². The van der Waals surface area contributed by atoms with Crippen molar-refractivity contribution in [1.29, 1.82) is 0 Å². The van der Waals surface area contributed by atoms with E-state index < -0.39 is 0 Å². The summed E-state index contributed by atoms with van der Waals surface area (Å²) in [5.74, 6) is 0. The van der Waals surface area contributed by atoms with E-state index in [-0.39, 0.29) is 18.6 Å². The van der Waals surface area contributed by atoms with Gasteiger partial charge in [0.05, 0.1) is 0 Å². The molecule has 0 N–H and O–H groups in total. The molecule has 1 rings (SSSR count). The monoisotopic (exact) mass is 200 g/mol. The SMILES string of the molecule is CS[C-]=Nc1[c-]cccc1.[V+2]. The zero-order chi connectivity index (χ0) is 7.23. The van der Waals surface area contributed by atoms with Gasteiger partial charge < -0.3 is 4.99 Å². The summed E-state index contributed by atoms with van der Waals surface area (Å²) >= 11 is 1.46. The molecular weight excluding hydrogens is 193 g/mol. The van der Waals surface area contributed by atoms with Crippen LogP contribution in [0.3, 0.4) is 0 Å². The van der Waals surface area contributed by atoms with Gasteiger partial charge in [-0.25, -0.2) is 23.5 Å². The van der Waals surface area contributed by atoms with Crippen LogP contribution in [-0.2, 0) is 18.6 Å². The van der Waals surface area contributed by atoms with Crippen molar-refractivity contribution in [3.63, 3.8) is 0 Å². The fourth-order valence-electron chi connectivity index (χ4n) is 0.548. The second kappa shape index (κ2) is 6.53. The first-order valence-corrected chi connectivity index (χ1v) is 4.11. The number of nitrogens with zero attached hydrogens (tertiary/aromatic N) is 1. The van der Waals surface area contributed by atoms with Crippen LogP contribution in [-0.4, -0.2) is 11.8 Å². The Morgan fingerprint density at radius 1 is 1.55 bits per heavy atom. The molecular formula is C8H7NSV. The van der Waals surface area contributed by atoms with Crippen LogP contribution >= 0.6 is 11.8 Å². The summed E-state index contributed by atoms with van der Waals surface area (Å²) in [4.78, 5) is 3.98. The van der Waals surface area contributed by atoms with Crippen molar-refractivity contribution in [2.45, 2.75) is 0 Å². The molecule has 1 aromatic carbocycles. The van der Waals surface area contributed by atoms with E-state index in [4.69, 9.17) is 0 Å². The number of thioether (sulfide) groups is 1. The van der Waals surface area contributed by atoms with Crippen LogP contribution in [0.1, 0.15) is 0 Å². The van der Waals surface area contributed by atoms with Crippen molar-refractivity contribution in [3.05, 3.63) is 30.3 Å². The largest absolute Gasteiger partial charge is 2.00 e. The molecule has 0 unspecified atom stereocenters. The van der Waals surface area contributed by atoms with Crippen LogP contribution in [0.4, 0.5) is 5.69 Å². The molecule has 0 atom stereocenters. The van der Waals surface area contributed by atoms with Gasteiger partial charge in [-0.2, -0.15) is 18.2 Å². The standard InChI is InChI=1S/C8H7NS.V/c1-10-7-9-8-5-3-2-4-6-8;/h2-5H,1H3;/q-2;+2. The Labute approximate surface area is 83.2 Å². The first-order valence-electron chi connectivity index (χ1n) is 2.89. The maximum absolute atomic E-state index is 3.98. The summed E-state index contributed by atoms with van der Waals surface area (Å²) < 4.78 is 0. The molecule has 0 fully saturated rings. The van der Waals surface area contributed by atoms with Gasteiger partial charge in [0.25, 0.3) is 0 Å². The normalized spacial score (nSPS) is 9.55. The van der Waals surface area contributed by atoms with Gasteiger partial charge in [-0.15, -0.1) is 5.55 Å². The second-order valence-electron chi connectivity index (χ2n) is 1.66. The summed E-state index contributed by atoms with van der Waals surface area (Å²) in [6.45, 7) is 0. The third-order valence-corrected chi connectivity index (χ3v) is 1.22. The molecule has 0 aliphatic carbocycles. The van der Waals surface area contributed by atoms with E-state index in [1.165, 1.54) is 11.8 Å². The van der Waals surface area contributed by atoms with Gasteiger partial charge >= 0.3 is 18.6 Å². The molecule has 0 saturated carbocycles. The summed E-state index contributed by atoms with van der Waals surface area (Å²) in [6.07, 6.45) is 1.92. The Bertz CT molecular complexity index is 211. The molecule has 55 valence electrons. The Kier molecular flexibility index (Phi) is 6.43. The second-order valence-corrected chi connectivity index (χ2v) is 2.25. The van der Waals surface area contributed by atoms with E-state index in [9.17, 15) is 0 Å². The minimum absolute atomic E-state index is 0. The van der Waals surface area contributed by atoms with Gasteiger partial charge in [-0.3, -0.25) is 6.07 Å². The molecule has 11 heavy (non-hydrogen) atoms. The number of aliphatic imine (C=N–C) groups is 1. The summed E-state index contributed by atoms with van der Waals surface area (Å²) in [5.41, 5.74) is 3.61. The Morgan fingerprint density at radius 3 is 2.91 bits per heavy atom. The van der Waals surface area contributed by atoms with Crippen molar-refractivity contribution in [2.24, 2.45) is 4.99 Å². The quantitative estimate of drug-likeness (QED) is 0.405. The van der Waals surface area contributed by atoms with Gasteiger partial charge in [0.1, 0.15) is 0 Å². The van der Waals surface area contributed by atoms with Crippen molar-refractivity contribution in [3.8, 4) is 0 Å². The van der Waals surface area contributed by atoms with E-state index in [0.29, 0.717) is 0 Å². The number of benzene rings is 1. The first kappa shape index (κ1) is 10.8. The molecule has 0 bridgehead atoms. The van der Waals surface area contributed by atoms with Crippen molar-refractivity contribution in [2.75, 3.05) is 6.26 Å². The molecule has 0 aliphatic heterocycles. The number of hydrogen-bond donors (Lipinski definition) is 0. The molecule has 0 aromatic heterocycles. The summed E-state index contributed by atoms with van der Waals surface area (Å²) in [7, 11) is 0. The van der Waals surface area contributed by atoms with Gasteiger partial charge in [0, 0.05) is 0 Å². The third-order valence-electron chi connectivity index (χ3n) is 0.950. The van der Waals surface area contributed by atoms with Crippen LogP contribution in [0.25, 0.3) is 0 Å². The van der Waals surface area contributed by atoms with Crippen LogP contribution in [0.15, 0.2) is 29.3 Å². The van der Waals surface area contributed by atoms with E-state index in [1.807, 2.05) is 30.5 Å². The molecule has 1 radical (unpaired) electrons. The predicted octanol–water partition coefficient (Wildman–Crippen LogP) is 2.38. The maximum atomic E-state index is 3.98. The molecule has 0 aliphatic rings. The van der Waals surface area contributed by atoms with E-state index >= 15 is 0 Å². The fourth-order valence-corrected chi connectivity index (χ4v) is 0.738. The third kappa shape index (κ3) is 4.30. The molecule has 0 amide bonds. The zero-order valence-corrected chi connectivity index (χ0v) is 8.33. The van der Waals surface area contributed by atoms with Crippen LogP contribution in [0, 0.1) is 6.07 Å². The number of para-hydroxylation sites is 1. The Hall–Kier alpha value is -0.176. The molecule has 3 heteroatoms. The Morgan fingerprint density at radius 2 is 2.36 bits per heavy atom.